The average Bonchev–Trinajstić information content (AvgIpc) is 2.34. The molecule has 1 aliphatic carbocycles. The minimum atomic E-state index is 1.06. The van der Waals surface area contributed by atoms with Gasteiger partial charge in [-0.05, 0) is 36.9 Å². The molecule has 0 aromatic heterocycles. The third-order valence-electron chi connectivity index (χ3n) is 3.19. The van der Waals surface area contributed by atoms with E-state index in [0.29, 0.717) is 0 Å². The van der Waals surface area contributed by atoms with E-state index in [4.69, 9.17) is 0 Å². The van der Waals surface area contributed by atoms with Crippen LogP contribution in [0.4, 0.5) is 0 Å². The summed E-state index contributed by atoms with van der Waals surface area (Å²) in [4.78, 5) is 0. The number of unbranched alkanes of at least 4 members (excludes halogenated alkanes) is 1. The summed E-state index contributed by atoms with van der Waals surface area (Å²) >= 11 is 0. The van der Waals surface area contributed by atoms with Crippen molar-refractivity contribution < 1.29 is 0 Å². The second-order valence-corrected chi connectivity index (χ2v) is 4.53. The summed E-state index contributed by atoms with van der Waals surface area (Å²) in [5.41, 5.74) is 4.47. The molecule has 2 rings (SSSR count). The van der Waals surface area contributed by atoms with E-state index in [2.05, 4.69) is 42.6 Å². The summed E-state index contributed by atoms with van der Waals surface area (Å²) < 4.78 is 0. The fraction of sp³-hybridized carbons (Fsp3) is 0.467. The van der Waals surface area contributed by atoms with Gasteiger partial charge in [0.1, 0.15) is 0 Å². The third-order valence-corrected chi connectivity index (χ3v) is 3.19. The Morgan fingerprint density at radius 3 is 2.94 bits per heavy atom. The van der Waals surface area contributed by atoms with Crippen molar-refractivity contribution in [3.05, 3.63) is 41.0 Å². The molecule has 16 heavy (non-hydrogen) atoms. The van der Waals surface area contributed by atoms with E-state index in [1.165, 1.54) is 36.8 Å². The third kappa shape index (κ3) is 2.96. The van der Waals surface area contributed by atoms with Crippen LogP contribution in [0.5, 0.6) is 0 Å². The maximum Gasteiger partial charge on any atom is 0.0168 e. The van der Waals surface area contributed by atoms with Crippen molar-refractivity contribution >= 4 is 6.08 Å². The molecule has 0 amide bonds. The average molecular weight is 215 g/mol. The van der Waals surface area contributed by atoms with E-state index >= 15 is 0 Å². The highest BCUT2D eigenvalue weighted by Gasteiger charge is 2.08. The van der Waals surface area contributed by atoms with E-state index in [9.17, 15) is 0 Å². The Bertz CT molecular complexity index is 365. The number of benzene rings is 1. The van der Waals surface area contributed by atoms with E-state index in [0.717, 1.165) is 13.1 Å². The minimum Gasteiger partial charge on any atom is -0.313 e. The van der Waals surface area contributed by atoms with Gasteiger partial charge in [0.05, 0.1) is 0 Å². The fourth-order valence-corrected chi connectivity index (χ4v) is 2.18. The molecule has 0 bridgehead atoms. The second-order valence-electron chi connectivity index (χ2n) is 4.53. The molecular formula is C15H21N. The first kappa shape index (κ1) is 11.4. The van der Waals surface area contributed by atoms with E-state index < -0.39 is 0 Å². The maximum atomic E-state index is 3.52. The molecule has 0 saturated heterocycles. The highest BCUT2D eigenvalue weighted by Crippen LogP contribution is 2.22. The van der Waals surface area contributed by atoms with Crippen LogP contribution in [0.3, 0.4) is 0 Å². The van der Waals surface area contributed by atoms with Gasteiger partial charge in [-0.15, -0.1) is 0 Å². The number of hydrogen-bond donors (Lipinski definition) is 1. The predicted octanol–water partition coefficient (Wildman–Crippen LogP) is 3.41. The number of hydrogen-bond acceptors (Lipinski definition) is 1. The van der Waals surface area contributed by atoms with Crippen LogP contribution in [0.25, 0.3) is 6.08 Å². The van der Waals surface area contributed by atoms with Gasteiger partial charge < -0.3 is 5.32 Å². The monoisotopic (exact) mass is 215 g/mol. The normalized spacial score (nSPS) is 14.4. The lowest BCUT2D eigenvalue weighted by Crippen LogP contribution is -2.19. The van der Waals surface area contributed by atoms with Crippen LogP contribution in [0, 0.1) is 0 Å². The molecule has 1 aromatic rings. The molecule has 0 spiro atoms. The smallest absolute Gasteiger partial charge is 0.0168 e. The first-order chi connectivity index (χ1) is 7.90. The lowest BCUT2D eigenvalue weighted by molar-refractivity contribution is 0.660. The predicted molar refractivity (Wildman–Crippen MR) is 70.5 cm³/mol. The highest BCUT2D eigenvalue weighted by atomic mass is 14.8. The molecule has 1 heteroatoms. The fourth-order valence-electron chi connectivity index (χ4n) is 2.18. The molecule has 0 radical (unpaired) electrons. The van der Waals surface area contributed by atoms with Crippen LogP contribution < -0.4 is 5.32 Å². The maximum absolute atomic E-state index is 3.52. The van der Waals surface area contributed by atoms with Gasteiger partial charge in [0.2, 0.25) is 0 Å². The molecule has 1 nitrogen and oxygen atoms in total. The minimum absolute atomic E-state index is 1.06. The summed E-state index contributed by atoms with van der Waals surface area (Å²) in [7, 11) is 0. The quantitative estimate of drug-likeness (QED) is 0.742. The van der Waals surface area contributed by atoms with Gasteiger partial charge in [0.25, 0.3) is 0 Å². The lowest BCUT2D eigenvalue weighted by atomic mass is 9.92. The zero-order valence-corrected chi connectivity index (χ0v) is 10.1. The van der Waals surface area contributed by atoms with Gasteiger partial charge in [-0.2, -0.15) is 0 Å². The Kier molecular flexibility index (Phi) is 4.17. The number of nitrogens with one attached hydrogen (secondary N) is 1. The van der Waals surface area contributed by atoms with E-state index in [-0.39, 0.29) is 0 Å². The molecule has 0 fully saturated rings. The van der Waals surface area contributed by atoms with Crippen molar-refractivity contribution in [2.24, 2.45) is 0 Å². The zero-order chi connectivity index (χ0) is 11.2. The first-order valence-electron chi connectivity index (χ1n) is 6.38. The van der Waals surface area contributed by atoms with Crippen LogP contribution in [-0.2, 0) is 6.42 Å². The summed E-state index contributed by atoms with van der Waals surface area (Å²) in [5, 5.41) is 3.52. The van der Waals surface area contributed by atoms with Crippen LogP contribution in [-0.4, -0.2) is 13.1 Å². The molecule has 1 N–H and O–H groups in total. The molecule has 0 saturated carbocycles. The molecular weight excluding hydrogens is 194 g/mol. The van der Waals surface area contributed by atoms with Crippen molar-refractivity contribution in [2.45, 2.75) is 32.6 Å². The molecule has 0 atom stereocenters. The second kappa shape index (κ2) is 5.86. The van der Waals surface area contributed by atoms with E-state index in [1.54, 1.807) is 5.57 Å². The molecule has 0 aliphatic heterocycles. The van der Waals surface area contributed by atoms with Gasteiger partial charge in [0, 0.05) is 6.54 Å². The Morgan fingerprint density at radius 1 is 1.19 bits per heavy atom. The van der Waals surface area contributed by atoms with Gasteiger partial charge in [-0.3, -0.25) is 0 Å². The van der Waals surface area contributed by atoms with Crippen molar-refractivity contribution in [1.82, 2.24) is 5.32 Å². The van der Waals surface area contributed by atoms with Gasteiger partial charge >= 0.3 is 0 Å². The summed E-state index contributed by atoms with van der Waals surface area (Å²) in [6.07, 6.45) is 7.34. The number of rotatable bonds is 5. The highest BCUT2D eigenvalue weighted by molar-refractivity contribution is 5.59. The first-order valence-corrected chi connectivity index (χ1v) is 6.38. The summed E-state index contributed by atoms with van der Waals surface area (Å²) in [6, 6.07) is 8.73. The van der Waals surface area contributed by atoms with Crippen LogP contribution >= 0.6 is 0 Å². The largest absolute Gasteiger partial charge is 0.313 e. The van der Waals surface area contributed by atoms with E-state index in [1.807, 2.05) is 0 Å². The standard InChI is InChI=1S/C15H21N/c1-2-3-10-16-12-13-8-9-14-6-4-5-7-15(14)11-13/h4-7,11,16H,2-3,8-10,12H2,1H3. The Morgan fingerprint density at radius 2 is 2.06 bits per heavy atom. The lowest BCUT2D eigenvalue weighted by Gasteiger charge is -2.16. The van der Waals surface area contributed by atoms with Gasteiger partial charge in [-0.1, -0.05) is 49.3 Å². The molecule has 0 heterocycles. The van der Waals surface area contributed by atoms with Crippen molar-refractivity contribution in [3.8, 4) is 0 Å². The van der Waals surface area contributed by atoms with Gasteiger partial charge in [-0.25, -0.2) is 0 Å². The van der Waals surface area contributed by atoms with Crippen LogP contribution in [0.2, 0.25) is 0 Å². The van der Waals surface area contributed by atoms with Crippen molar-refractivity contribution in [1.29, 1.82) is 0 Å². The van der Waals surface area contributed by atoms with Crippen molar-refractivity contribution in [2.75, 3.05) is 13.1 Å². The molecule has 0 unspecified atom stereocenters. The Hall–Kier alpha value is -1.08. The zero-order valence-electron chi connectivity index (χ0n) is 10.1. The number of fused-ring (bicyclic) bond motifs is 1. The summed E-state index contributed by atoms with van der Waals surface area (Å²) in [6.45, 7) is 4.45. The summed E-state index contributed by atoms with van der Waals surface area (Å²) in [5.74, 6) is 0. The Labute approximate surface area is 98.6 Å². The molecule has 1 aliphatic rings. The molecule has 86 valence electrons. The van der Waals surface area contributed by atoms with Crippen LogP contribution in [0.1, 0.15) is 37.3 Å². The topological polar surface area (TPSA) is 12.0 Å². The van der Waals surface area contributed by atoms with Crippen molar-refractivity contribution in [3.63, 3.8) is 0 Å². The number of aryl methyl sites for hydroxylation is 1. The SMILES string of the molecule is CCCCNCC1=Cc2ccccc2CC1. The van der Waals surface area contributed by atoms with Crippen LogP contribution in [0.15, 0.2) is 29.8 Å². The Balaban J connectivity index is 1.91. The molecule has 1 aromatic carbocycles. The van der Waals surface area contributed by atoms with Gasteiger partial charge in [0.15, 0.2) is 0 Å².